The highest BCUT2D eigenvalue weighted by Gasteiger charge is 2.54. The van der Waals surface area contributed by atoms with E-state index in [0.29, 0.717) is 6.42 Å². The Balaban J connectivity index is 2.54. The van der Waals surface area contributed by atoms with Crippen LogP contribution < -0.4 is 0 Å². The number of hydrogen-bond acceptors (Lipinski definition) is 7. The van der Waals surface area contributed by atoms with Crippen molar-refractivity contribution < 1.29 is 34.1 Å². The third-order valence-electron chi connectivity index (χ3n) is 4.95. The number of ether oxygens (including phenoxy) is 2. The summed E-state index contributed by atoms with van der Waals surface area (Å²) in [7, 11) is 1.34. The largest absolute Gasteiger partial charge is 0.391 e. The number of barbiturate groups is 1. The summed E-state index contributed by atoms with van der Waals surface area (Å²) >= 11 is 0. The topological polar surface area (TPSA) is 117 Å². The van der Waals surface area contributed by atoms with E-state index in [1.165, 1.54) is 7.05 Å². The van der Waals surface area contributed by atoms with Gasteiger partial charge in [0, 0.05) is 7.05 Å². The van der Waals surface area contributed by atoms with Gasteiger partial charge in [0.15, 0.2) is 0 Å². The van der Waals surface area contributed by atoms with Gasteiger partial charge in [-0.15, -0.1) is 0 Å². The molecule has 4 amide bonds. The summed E-state index contributed by atoms with van der Waals surface area (Å²) in [6.45, 7) is 5.67. The number of imide groups is 2. The van der Waals surface area contributed by atoms with Crippen LogP contribution in [0.2, 0.25) is 0 Å². The van der Waals surface area contributed by atoms with E-state index in [0.717, 1.165) is 9.80 Å². The first kappa shape index (κ1) is 23.5. The Morgan fingerprint density at radius 3 is 1.93 bits per heavy atom. The first-order valence-corrected chi connectivity index (χ1v) is 9.40. The summed E-state index contributed by atoms with van der Waals surface area (Å²) in [6, 6.07) is -0.738. The smallest absolute Gasteiger partial charge is 0.333 e. The van der Waals surface area contributed by atoms with Crippen molar-refractivity contribution >= 4 is 17.8 Å². The minimum absolute atomic E-state index is 0.0837. The SMILES string of the molecule is CCC(O)COCCOC[C@@H](O)CN1C(=O)N(C)C(=O)C(CC)(CC)C1=O. The summed E-state index contributed by atoms with van der Waals surface area (Å²) in [6.07, 6.45) is -0.423. The maximum atomic E-state index is 12.8. The lowest BCUT2D eigenvalue weighted by atomic mass is 9.78. The Morgan fingerprint density at radius 2 is 1.44 bits per heavy atom. The maximum absolute atomic E-state index is 12.8. The van der Waals surface area contributed by atoms with Crippen molar-refractivity contribution in [2.45, 2.75) is 52.2 Å². The fourth-order valence-corrected chi connectivity index (χ4v) is 2.98. The lowest BCUT2D eigenvalue weighted by Gasteiger charge is -2.42. The van der Waals surface area contributed by atoms with Gasteiger partial charge in [-0.05, 0) is 19.3 Å². The average Bonchev–Trinajstić information content (AvgIpc) is 2.67. The molecule has 1 aliphatic rings. The van der Waals surface area contributed by atoms with E-state index in [-0.39, 0.29) is 45.8 Å². The van der Waals surface area contributed by atoms with E-state index in [1.54, 1.807) is 13.8 Å². The molecule has 1 aliphatic heterocycles. The van der Waals surface area contributed by atoms with Gasteiger partial charge in [0.05, 0.1) is 45.2 Å². The molecule has 27 heavy (non-hydrogen) atoms. The predicted molar refractivity (Wildman–Crippen MR) is 96.8 cm³/mol. The standard InChI is InChI=1S/C18H32N2O7/c1-5-13(21)11-26-8-9-27-12-14(22)10-20-16(24)18(6-2,7-3)15(23)19(4)17(20)25/h13-14,21-22H,5-12H2,1-4H3/t13?,14-/m0/s1. The maximum Gasteiger partial charge on any atom is 0.333 e. The normalized spacial score (nSPS) is 19.6. The molecule has 1 saturated heterocycles. The monoisotopic (exact) mass is 388 g/mol. The molecule has 0 radical (unpaired) electrons. The summed E-state index contributed by atoms with van der Waals surface area (Å²) in [5, 5.41) is 19.5. The van der Waals surface area contributed by atoms with Crippen molar-refractivity contribution in [3.05, 3.63) is 0 Å². The molecule has 2 N–H and O–H groups in total. The van der Waals surface area contributed by atoms with Crippen molar-refractivity contribution in [3.8, 4) is 0 Å². The molecule has 0 aromatic carbocycles. The average molecular weight is 388 g/mol. The molecular formula is C18H32N2O7. The number of hydrogen-bond donors (Lipinski definition) is 2. The number of carbonyl (C=O) groups excluding carboxylic acids is 3. The number of β-amino-alcohol motifs (C(OH)–C–C–N with tert-alkyl or cyclic N) is 1. The summed E-state index contributed by atoms with van der Waals surface area (Å²) < 4.78 is 10.5. The van der Waals surface area contributed by atoms with Gasteiger partial charge >= 0.3 is 6.03 Å². The fourth-order valence-electron chi connectivity index (χ4n) is 2.98. The molecule has 2 atom stereocenters. The van der Waals surface area contributed by atoms with Gasteiger partial charge in [0.2, 0.25) is 11.8 Å². The summed E-state index contributed by atoms with van der Waals surface area (Å²) in [5.74, 6) is -1.08. The number of nitrogens with zero attached hydrogens (tertiary/aromatic N) is 2. The highest BCUT2D eigenvalue weighted by Crippen LogP contribution is 2.35. The Morgan fingerprint density at radius 1 is 0.926 bits per heavy atom. The Bertz CT molecular complexity index is 522. The van der Waals surface area contributed by atoms with Crippen LogP contribution in [-0.2, 0) is 19.1 Å². The lowest BCUT2D eigenvalue weighted by molar-refractivity contribution is -0.159. The Hall–Kier alpha value is -1.55. The summed E-state index contributed by atoms with van der Waals surface area (Å²) in [5.41, 5.74) is -1.27. The minimum Gasteiger partial charge on any atom is -0.391 e. The third kappa shape index (κ3) is 5.47. The second-order valence-corrected chi connectivity index (χ2v) is 6.72. The first-order valence-electron chi connectivity index (χ1n) is 9.40. The molecule has 0 aromatic rings. The third-order valence-corrected chi connectivity index (χ3v) is 4.95. The van der Waals surface area contributed by atoms with Crippen molar-refractivity contribution in [2.75, 3.05) is 40.0 Å². The molecule has 1 fully saturated rings. The lowest BCUT2D eigenvalue weighted by Crippen LogP contribution is -2.65. The van der Waals surface area contributed by atoms with Gasteiger partial charge < -0.3 is 19.7 Å². The zero-order valence-electron chi connectivity index (χ0n) is 16.6. The van der Waals surface area contributed by atoms with Gasteiger partial charge in [-0.3, -0.25) is 19.4 Å². The van der Waals surface area contributed by atoms with Crippen LogP contribution >= 0.6 is 0 Å². The van der Waals surface area contributed by atoms with E-state index in [9.17, 15) is 24.6 Å². The van der Waals surface area contributed by atoms with Gasteiger partial charge in [-0.25, -0.2) is 4.79 Å². The number of aliphatic hydroxyl groups excluding tert-OH is 2. The molecule has 0 spiro atoms. The molecule has 9 heteroatoms. The van der Waals surface area contributed by atoms with Gasteiger partial charge in [-0.1, -0.05) is 20.8 Å². The quantitative estimate of drug-likeness (QED) is 0.367. The van der Waals surface area contributed by atoms with Crippen LogP contribution in [0, 0.1) is 5.41 Å². The number of urea groups is 1. The molecule has 0 aliphatic carbocycles. The Kier molecular flexibility index (Phi) is 9.31. The van der Waals surface area contributed by atoms with Crippen LogP contribution in [0.15, 0.2) is 0 Å². The number of carbonyl (C=O) groups is 3. The van der Waals surface area contributed by atoms with E-state index >= 15 is 0 Å². The molecule has 0 bridgehead atoms. The molecule has 1 rings (SSSR count). The predicted octanol–water partition coefficient (Wildman–Crippen LogP) is 0.378. The highest BCUT2D eigenvalue weighted by molar-refractivity contribution is 6.18. The van der Waals surface area contributed by atoms with Crippen LogP contribution in [0.1, 0.15) is 40.0 Å². The molecule has 1 unspecified atom stereocenters. The summed E-state index contributed by atoms with van der Waals surface area (Å²) in [4.78, 5) is 39.4. The second-order valence-electron chi connectivity index (χ2n) is 6.72. The van der Waals surface area contributed by atoms with Crippen molar-refractivity contribution in [1.82, 2.24) is 9.80 Å². The van der Waals surface area contributed by atoms with E-state index < -0.39 is 35.5 Å². The molecule has 0 aromatic heterocycles. The van der Waals surface area contributed by atoms with E-state index in [2.05, 4.69) is 0 Å². The molecule has 9 nitrogen and oxygen atoms in total. The molecular weight excluding hydrogens is 356 g/mol. The van der Waals surface area contributed by atoms with E-state index in [4.69, 9.17) is 9.47 Å². The van der Waals surface area contributed by atoms with Crippen molar-refractivity contribution in [3.63, 3.8) is 0 Å². The molecule has 156 valence electrons. The first-order chi connectivity index (χ1) is 12.7. The molecule has 0 saturated carbocycles. The van der Waals surface area contributed by atoms with Crippen molar-refractivity contribution in [2.24, 2.45) is 5.41 Å². The Labute approximate surface area is 160 Å². The molecule has 1 heterocycles. The minimum atomic E-state index is -1.27. The number of rotatable bonds is 12. The van der Waals surface area contributed by atoms with Crippen molar-refractivity contribution in [1.29, 1.82) is 0 Å². The second kappa shape index (κ2) is 10.7. The van der Waals surface area contributed by atoms with Crippen LogP contribution in [0.4, 0.5) is 4.79 Å². The highest BCUT2D eigenvalue weighted by atomic mass is 16.5. The fraction of sp³-hybridized carbons (Fsp3) is 0.833. The van der Waals surface area contributed by atoms with Crippen LogP contribution in [-0.4, -0.2) is 90.1 Å². The van der Waals surface area contributed by atoms with Crippen LogP contribution in [0.5, 0.6) is 0 Å². The number of aliphatic hydroxyl groups is 2. The van der Waals surface area contributed by atoms with E-state index in [1.807, 2.05) is 6.92 Å². The zero-order chi connectivity index (χ0) is 20.6. The van der Waals surface area contributed by atoms with Gasteiger partial charge in [0.25, 0.3) is 0 Å². The van der Waals surface area contributed by atoms with Crippen LogP contribution in [0.3, 0.4) is 0 Å². The zero-order valence-corrected chi connectivity index (χ0v) is 16.6. The van der Waals surface area contributed by atoms with Crippen LogP contribution in [0.25, 0.3) is 0 Å². The van der Waals surface area contributed by atoms with Gasteiger partial charge in [0.1, 0.15) is 5.41 Å². The number of amides is 4. The van der Waals surface area contributed by atoms with Gasteiger partial charge in [-0.2, -0.15) is 0 Å².